The van der Waals surface area contributed by atoms with Crippen LogP contribution in [0.25, 0.3) is 0 Å². The Balaban J connectivity index is 1.84. The average Bonchev–Trinajstić information content (AvgIpc) is 2.46. The second-order valence-corrected chi connectivity index (χ2v) is 7.18. The van der Waals surface area contributed by atoms with E-state index in [0.717, 1.165) is 19.3 Å². The predicted molar refractivity (Wildman–Crippen MR) is 82.0 cm³/mol. The molecule has 0 spiro atoms. The molecule has 2 aliphatic rings. The standard InChI is InChI=1S/C17H29NO3/c1-13-6-5-11-17(12-13,16(20)21)18-15(19)10-9-14-7-3-2-4-8-14/h13-14H,2-12H2,1H3,(H,18,19)(H,20,21). The molecule has 2 unspecified atom stereocenters. The number of aliphatic carboxylic acids is 1. The highest BCUT2D eigenvalue weighted by atomic mass is 16.4. The lowest BCUT2D eigenvalue weighted by atomic mass is 9.76. The van der Waals surface area contributed by atoms with Crippen molar-refractivity contribution in [2.45, 2.75) is 83.1 Å². The second kappa shape index (κ2) is 7.28. The lowest BCUT2D eigenvalue weighted by molar-refractivity contribution is -0.150. The molecule has 0 aliphatic heterocycles. The molecule has 0 radical (unpaired) electrons. The smallest absolute Gasteiger partial charge is 0.329 e. The number of carbonyl (C=O) groups excluding carboxylic acids is 1. The molecule has 2 saturated carbocycles. The third-order valence-electron chi connectivity index (χ3n) is 5.29. The van der Waals surface area contributed by atoms with E-state index in [1.165, 1.54) is 32.1 Å². The molecular formula is C17H29NO3. The topological polar surface area (TPSA) is 66.4 Å². The fourth-order valence-corrected chi connectivity index (χ4v) is 4.05. The Morgan fingerprint density at radius 1 is 1.14 bits per heavy atom. The van der Waals surface area contributed by atoms with Crippen LogP contribution in [-0.2, 0) is 9.59 Å². The quantitative estimate of drug-likeness (QED) is 0.816. The zero-order chi connectivity index (χ0) is 15.3. The van der Waals surface area contributed by atoms with Gasteiger partial charge in [-0.25, -0.2) is 4.79 Å². The van der Waals surface area contributed by atoms with Crippen molar-refractivity contribution in [1.29, 1.82) is 0 Å². The molecule has 2 N–H and O–H groups in total. The molecule has 4 heteroatoms. The Labute approximate surface area is 127 Å². The summed E-state index contributed by atoms with van der Waals surface area (Å²) >= 11 is 0. The maximum absolute atomic E-state index is 12.2. The normalized spacial score (nSPS) is 30.8. The van der Waals surface area contributed by atoms with Crippen LogP contribution < -0.4 is 5.32 Å². The van der Waals surface area contributed by atoms with E-state index in [1.54, 1.807) is 0 Å². The Morgan fingerprint density at radius 2 is 1.86 bits per heavy atom. The first-order valence-corrected chi connectivity index (χ1v) is 8.56. The molecule has 2 fully saturated rings. The maximum atomic E-state index is 12.2. The van der Waals surface area contributed by atoms with Gasteiger partial charge in [-0.15, -0.1) is 0 Å². The Morgan fingerprint density at radius 3 is 2.48 bits per heavy atom. The minimum absolute atomic E-state index is 0.0722. The van der Waals surface area contributed by atoms with Crippen LogP contribution >= 0.6 is 0 Å². The number of rotatable bonds is 5. The van der Waals surface area contributed by atoms with Gasteiger partial charge in [-0.2, -0.15) is 0 Å². The summed E-state index contributed by atoms with van der Waals surface area (Å²) in [6, 6.07) is 0. The van der Waals surface area contributed by atoms with Crippen LogP contribution in [0.5, 0.6) is 0 Å². The maximum Gasteiger partial charge on any atom is 0.329 e. The van der Waals surface area contributed by atoms with Crippen LogP contribution in [0.1, 0.15) is 77.6 Å². The lowest BCUT2D eigenvalue weighted by Gasteiger charge is -2.37. The van der Waals surface area contributed by atoms with Crippen LogP contribution in [0, 0.1) is 11.8 Å². The first-order valence-electron chi connectivity index (χ1n) is 8.56. The van der Waals surface area contributed by atoms with Crippen molar-refractivity contribution in [3.63, 3.8) is 0 Å². The van der Waals surface area contributed by atoms with Crippen molar-refractivity contribution in [3.05, 3.63) is 0 Å². The van der Waals surface area contributed by atoms with Gasteiger partial charge in [0.15, 0.2) is 0 Å². The van der Waals surface area contributed by atoms with E-state index in [4.69, 9.17) is 0 Å². The largest absolute Gasteiger partial charge is 0.480 e. The molecule has 120 valence electrons. The molecule has 1 amide bonds. The summed E-state index contributed by atoms with van der Waals surface area (Å²) in [5.41, 5.74) is -1.01. The van der Waals surface area contributed by atoms with Gasteiger partial charge >= 0.3 is 5.97 Å². The van der Waals surface area contributed by atoms with Crippen LogP contribution in [0.15, 0.2) is 0 Å². The molecular weight excluding hydrogens is 266 g/mol. The highest BCUT2D eigenvalue weighted by Gasteiger charge is 2.43. The van der Waals surface area contributed by atoms with Crippen molar-refractivity contribution in [2.24, 2.45) is 11.8 Å². The number of carboxylic acid groups (broad SMARTS) is 1. The SMILES string of the molecule is CC1CCCC(NC(=O)CCC2CCCCC2)(C(=O)O)C1. The number of hydrogen-bond donors (Lipinski definition) is 2. The van der Waals surface area contributed by atoms with Gasteiger partial charge in [-0.3, -0.25) is 4.79 Å². The molecule has 0 aromatic rings. The zero-order valence-corrected chi connectivity index (χ0v) is 13.2. The number of carbonyl (C=O) groups is 2. The molecule has 0 saturated heterocycles. The van der Waals surface area contributed by atoms with E-state index in [9.17, 15) is 14.7 Å². The second-order valence-electron chi connectivity index (χ2n) is 7.18. The van der Waals surface area contributed by atoms with Crippen LogP contribution in [0.2, 0.25) is 0 Å². The van der Waals surface area contributed by atoms with Crippen LogP contribution in [0.3, 0.4) is 0 Å². The third kappa shape index (κ3) is 4.45. The van der Waals surface area contributed by atoms with Gasteiger partial charge in [-0.1, -0.05) is 51.9 Å². The first-order chi connectivity index (χ1) is 10.0. The zero-order valence-electron chi connectivity index (χ0n) is 13.2. The van der Waals surface area contributed by atoms with Crippen molar-refractivity contribution in [3.8, 4) is 0 Å². The predicted octanol–water partition coefficient (Wildman–Crippen LogP) is 3.50. The molecule has 2 atom stereocenters. The lowest BCUT2D eigenvalue weighted by Crippen LogP contribution is -2.56. The van der Waals surface area contributed by atoms with Crippen molar-refractivity contribution in [2.75, 3.05) is 0 Å². The fraction of sp³-hybridized carbons (Fsp3) is 0.882. The van der Waals surface area contributed by atoms with Crippen molar-refractivity contribution in [1.82, 2.24) is 5.32 Å². The number of hydrogen-bond acceptors (Lipinski definition) is 2. The summed E-state index contributed by atoms with van der Waals surface area (Å²) < 4.78 is 0. The van der Waals surface area contributed by atoms with Gasteiger partial charge < -0.3 is 10.4 Å². The molecule has 4 nitrogen and oxygen atoms in total. The molecule has 2 rings (SSSR count). The molecule has 0 bridgehead atoms. The summed E-state index contributed by atoms with van der Waals surface area (Å²) in [5.74, 6) is 0.0983. The van der Waals surface area contributed by atoms with Crippen molar-refractivity contribution >= 4 is 11.9 Å². The summed E-state index contributed by atoms with van der Waals surface area (Å²) in [4.78, 5) is 23.8. The van der Waals surface area contributed by atoms with Crippen LogP contribution in [0.4, 0.5) is 0 Å². The van der Waals surface area contributed by atoms with Gasteiger partial charge in [0.05, 0.1) is 0 Å². The Hall–Kier alpha value is -1.06. The van der Waals surface area contributed by atoms with Gasteiger partial charge in [0.25, 0.3) is 0 Å². The number of carboxylic acids is 1. The van der Waals surface area contributed by atoms with Gasteiger partial charge in [0.1, 0.15) is 5.54 Å². The van der Waals surface area contributed by atoms with Gasteiger partial charge in [-0.05, 0) is 31.1 Å². The monoisotopic (exact) mass is 295 g/mol. The Kier molecular flexibility index (Phi) is 5.65. The van der Waals surface area contributed by atoms with Crippen molar-refractivity contribution < 1.29 is 14.7 Å². The third-order valence-corrected chi connectivity index (χ3v) is 5.29. The summed E-state index contributed by atoms with van der Waals surface area (Å²) in [5, 5.41) is 12.4. The van der Waals surface area contributed by atoms with E-state index in [1.807, 2.05) is 0 Å². The van der Waals surface area contributed by atoms with E-state index in [-0.39, 0.29) is 5.91 Å². The highest BCUT2D eigenvalue weighted by Crippen LogP contribution is 2.33. The minimum atomic E-state index is -1.01. The summed E-state index contributed by atoms with van der Waals surface area (Å²) in [7, 11) is 0. The minimum Gasteiger partial charge on any atom is -0.480 e. The molecule has 0 heterocycles. The summed E-state index contributed by atoms with van der Waals surface area (Å²) in [6.07, 6.45) is 10.8. The molecule has 0 aromatic carbocycles. The van der Waals surface area contributed by atoms with E-state index >= 15 is 0 Å². The van der Waals surface area contributed by atoms with Crippen LogP contribution in [-0.4, -0.2) is 22.5 Å². The van der Waals surface area contributed by atoms with E-state index in [0.29, 0.717) is 31.1 Å². The Bertz CT molecular complexity index is 376. The molecule has 2 aliphatic carbocycles. The number of nitrogens with one attached hydrogen (secondary N) is 1. The highest BCUT2D eigenvalue weighted by molar-refractivity contribution is 5.87. The molecule has 0 aromatic heterocycles. The van der Waals surface area contributed by atoms with E-state index in [2.05, 4.69) is 12.2 Å². The number of amides is 1. The van der Waals surface area contributed by atoms with E-state index < -0.39 is 11.5 Å². The van der Waals surface area contributed by atoms with Gasteiger partial charge in [0, 0.05) is 6.42 Å². The van der Waals surface area contributed by atoms with Gasteiger partial charge in [0.2, 0.25) is 5.91 Å². The fourth-order valence-electron chi connectivity index (χ4n) is 4.05. The molecule has 21 heavy (non-hydrogen) atoms. The first kappa shape index (κ1) is 16.3. The average molecular weight is 295 g/mol. The summed E-state index contributed by atoms with van der Waals surface area (Å²) in [6.45, 7) is 2.07.